The molecule has 0 radical (unpaired) electrons. The van der Waals surface area contributed by atoms with Gasteiger partial charge in [-0.15, -0.1) is 0 Å². The van der Waals surface area contributed by atoms with Crippen LogP contribution in [-0.4, -0.2) is 40.8 Å². The summed E-state index contributed by atoms with van der Waals surface area (Å²) >= 11 is 0. The van der Waals surface area contributed by atoms with Gasteiger partial charge < -0.3 is 15.0 Å². The lowest BCUT2D eigenvalue weighted by Crippen LogP contribution is -2.52. The normalized spacial score (nSPS) is 23.9. The Labute approximate surface area is 133 Å². The molecule has 1 fully saturated rings. The predicted octanol–water partition coefficient (Wildman–Crippen LogP) is 2.36. The Morgan fingerprint density at radius 2 is 2.14 bits per heavy atom. The Balaban J connectivity index is 1.89. The minimum Gasteiger partial charge on any atom is -0.370 e. The van der Waals surface area contributed by atoms with Crippen LogP contribution < -0.4 is 5.73 Å². The van der Waals surface area contributed by atoms with Gasteiger partial charge >= 0.3 is 0 Å². The van der Waals surface area contributed by atoms with Crippen molar-refractivity contribution in [1.82, 2.24) is 15.0 Å². The third-order valence-electron chi connectivity index (χ3n) is 4.28. The number of ether oxygens (including phenoxy) is 1. The molecule has 1 saturated heterocycles. The number of hydrogen-bond donors (Lipinski definition) is 1. The van der Waals surface area contributed by atoms with E-state index in [9.17, 15) is 0 Å². The lowest BCUT2D eigenvalue weighted by molar-refractivity contribution is 0.0402. The summed E-state index contributed by atoms with van der Waals surface area (Å²) < 4.78 is 11.1. The number of hydrogen-bond acceptors (Lipinski definition) is 6. The summed E-state index contributed by atoms with van der Waals surface area (Å²) in [4.78, 5) is 6.81. The van der Waals surface area contributed by atoms with Gasteiger partial charge in [0.15, 0.2) is 5.82 Å². The van der Waals surface area contributed by atoms with E-state index in [0.29, 0.717) is 30.8 Å². The number of nitrogens with two attached hydrogens (primary N) is 1. The van der Waals surface area contributed by atoms with Crippen LogP contribution in [0.5, 0.6) is 0 Å². The van der Waals surface area contributed by atoms with Crippen LogP contribution >= 0.6 is 0 Å². The molecule has 2 heterocycles. The van der Waals surface area contributed by atoms with E-state index in [2.05, 4.69) is 42.7 Å². The van der Waals surface area contributed by atoms with Crippen molar-refractivity contribution >= 4 is 0 Å². The highest BCUT2D eigenvalue weighted by molar-refractivity contribution is 4.94. The first-order valence-corrected chi connectivity index (χ1v) is 8.20. The van der Waals surface area contributed by atoms with Crippen LogP contribution in [0, 0.1) is 11.3 Å². The Bertz CT molecular complexity index is 472. The van der Waals surface area contributed by atoms with Crippen molar-refractivity contribution < 1.29 is 9.26 Å². The average molecular weight is 310 g/mol. The van der Waals surface area contributed by atoms with E-state index >= 15 is 0 Å². The van der Waals surface area contributed by atoms with Crippen molar-refractivity contribution in [2.24, 2.45) is 17.1 Å². The van der Waals surface area contributed by atoms with Crippen LogP contribution in [0.1, 0.15) is 58.9 Å². The molecule has 0 amide bonds. The number of nitrogens with zero attached hydrogens (tertiary/aromatic N) is 3. The summed E-state index contributed by atoms with van der Waals surface area (Å²) in [5, 5.41) is 4.05. The molecule has 6 nitrogen and oxygen atoms in total. The van der Waals surface area contributed by atoms with E-state index in [-0.39, 0.29) is 17.6 Å². The minimum absolute atomic E-state index is 0.120. The minimum atomic E-state index is -0.133. The maximum atomic E-state index is 6.18. The summed E-state index contributed by atoms with van der Waals surface area (Å²) in [6.45, 7) is 13.9. The molecule has 2 N–H and O–H groups in total. The molecule has 1 aliphatic heterocycles. The highest BCUT2D eigenvalue weighted by Gasteiger charge is 2.33. The van der Waals surface area contributed by atoms with Crippen LogP contribution in [0.3, 0.4) is 0 Å². The molecule has 0 saturated carbocycles. The summed E-state index contributed by atoms with van der Waals surface area (Å²) in [6.07, 6.45) is 0.869. The fourth-order valence-corrected chi connectivity index (χ4v) is 2.72. The van der Waals surface area contributed by atoms with Gasteiger partial charge in [-0.05, 0) is 24.7 Å². The molecule has 0 spiro atoms. The van der Waals surface area contributed by atoms with E-state index in [1.807, 2.05) is 6.92 Å². The summed E-state index contributed by atoms with van der Waals surface area (Å²) in [5.41, 5.74) is 6.29. The van der Waals surface area contributed by atoms with Gasteiger partial charge in [0.2, 0.25) is 5.89 Å². The van der Waals surface area contributed by atoms with Gasteiger partial charge in [0.1, 0.15) is 6.10 Å². The van der Waals surface area contributed by atoms with E-state index in [1.165, 1.54) is 0 Å². The van der Waals surface area contributed by atoms with E-state index < -0.39 is 0 Å². The van der Waals surface area contributed by atoms with Gasteiger partial charge in [0, 0.05) is 25.7 Å². The molecular formula is C16H30N4O2. The zero-order valence-corrected chi connectivity index (χ0v) is 14.5. The highest BCUT2D eigenvalue weighted by Crippen LogP contribution is 2.28. The molecule has 2 rings (SSSR count). The van der Waals surface area contributed by atoms with Crippen molar-refractivity contribution in [3.63, 3.8) is 0 Å². The van der Waals surface area contributed by atoms with Crippen molar-refractivity contribution in [1.29, 1.82) is 0 Å². The number of likely N-dealkylation sites (tertiary alicyclic amines) is 1. The van der Waals surface area contributed by atoms with Gasteiger partial charge in [-0.2, -0.15) is 4.98 Å². The molecule has 0 aromatic carbocycles. The van der Waals surface area contributed by atoms with Gasteiger partial charge in [0.05, 0.1) is 6.54 Å². The van der Waals surface area contributed by atoms with Gasteiger partial charge in [-0.3, -0.25) is 4.90 Å². The first-order valence-electron chi connectivity index (χ1n) is 8.20. The number of piperidine rings is 1. The third kappa shape index (κ3) is 4.51. The molecule has 0 bridgehead atoms. The smallest absolute Gasteiger partial charge is 0.240 e. The predicted molar refractivity (Wildman–Crippen MR) is 85.2 cm³/mol. The lowest BCUT2D eigenvalue weighted by atomic mass is 9.80. The highest BCUT2D eigenvalue weighted by atomic mass is 16.5. The second-order valence-electron chi connectivity index (χ2n) is 7.51. The standard InChI is InChI=1S/C16H30N4O2/c1-11(2)9-21-12(3)15-18-14(22-19-15)8-20-7-6-13(17)16(4,5)10-20/h11-13H,6-10,17H2,1-5H3. The molecule has 126 valence electrons. The zero-order valence-electron chi connectivity index (χ0n) is 14.5. The Morgan fingerprint density at radius 3 is 2.77 bits per heavy atom. The first kappa shape index (κ1) is 17.4. The second-order valence-corrected chi connectivity index (χ2v) is 7.51. The fourth-order valence-electron chi connectivity index (χ4n) is 2.72. The van der Waals surface area contributed by atoms with E-state index in [4.69, 9.17) is 15.0 Å². The summed E-state index contributed by atoms with van der Waals surface area (Å²) in [6, 6.07) is 0.256. The van der Waals surface area contributed by atoms with Crippen LogP contribution in [0.4, 0.5) is 0 Å². The molecule has 1 aromatic heterocycles. The molecule has 1 aliphatic rings. The molecule has 6 heteroatoms. The molecular weight excluding hydrogens is 280 g/mol. The monoisotopic (exact) mass is 310 g/mol. The van der Waals surface area contributed by atoms with Crippen molar-refractivity contribution in [2.75, 3.05) is 19.7 Å². The largest absolute Gasteiger partial charge is 0.370 e. The maximum absolute atomic E-state index is 6.18. The number of rotatable bonds is 6. The molecule has 2 unspecified atom stereocenters. The topological polar surface area (TPSA) is 77.4 Å². The Kier molecular flexibility index (Phi) is 5.58. The lowest BCUT2D eigenvalue weighted by Gasteiger charge is -2.42. The Hall–Kier alpha value is -0.980. The van der Waals surface area contributed by atoms with Crippen molar-refractivity contribution in [3.8, 4) is 0 Å². The third-order valence-corrected chi connectivity index (χ3v) is 4.28. The molecule has 2 atom stereocenters. The number of aromatic nitrogens is 2. The van der Waals surface area contributed by atoms with Crippen molar-refractivity contribution in [3.05, 3.63) is 11.7 Å². The van der Waals surface area contributed by atoms with E-state index in [1.54, 1.807) is 0 Å². The van der Waals surface area contributed by atoms with E-state index in [0.717, 1.165) is 19.5 Å². The van der Waals surface area contributed by atoms with Crippen LogP contribution in [0.15, 0.2) is 4.52 Å². The molecule has 0 aliphatic carbocycles. The molecule has 1 aromatic rings. The Morgan fingerprint density at radius 1 is 1.41 bits per heavy atom. The zero-order chi connectivity index (χ0) is 16.3. The molecule has 22 heavy (non-hydrogen) atoms. The second kappa shape index (κ2) is 7.06. The summed E-state index contributed by atoms with van der Waals surface area (Å²) in [5.74, 6) is 1.78. The van der Waals surface area contributed by atoms with Crippen molar-refractivity contribution in [2.45, 2.75) is 59.7 Å². The van der Waals surface area contributed by atoms with Gasteiger partial charge in [0.25, 0.3) is 0 Å². The maximum Gasteiger partial charge on any atom is 0.240 e. The SMILES string of the molecule is CC(C)COC(C)c1noc(CN2CCC(N)C(C)(C)C2)n1. The first-order chi connectivity index (χ1) is 10.3. The van der Waals surface area contributed by atoms with Crippen LogP contribution in [0.25, 0.3) is 0 Å². The fraction of sp³-hybridized carbons (Fsp3) is 0.875. The quantitative estimate of drug-likeness (QED) is 0.869. The van der Waals surface area contributed by atoms with Crippen LogP contribution in [-0.2, 0) is 11.3 Å². The summed E-state index contributed by atoms with van der Waals surface area (Å²) in [7, 11) is 0. The van der Waals surface area contributed by atoms with Gasteiger partial charge in [-0.1, -0.05) is 32.9 Å². The average Bonchev–Trinajstić information content (AvgIpc) is 2.88. The van der Waals surface area contributed by atoms with Gasteiger partial charge in [-0.25, -0.2) is 0 Å². The van der Waals surface area contributed by atoms with Crippen LogP contribution in [0.2, 0.25) is 0 Å².